The van der Waals surface area contributed by atoms with E-state index in [1.807, 2.05) is 0 Å². The van der Waals surface area contributed by atoms with Crippen LogP contribution in [0.3, 0.4) is 0 Å². The van der Waals surface area contributed by atoms with Gasteiger partial charge in [-0.15, -0.1) is 0 Å². The van der Waals surface area contributed by atoms with Crippen molar-refractivity contribution in [2.45, 2.75) is 37.8 Å². The van der Waals surface area contributed by atoms with Gasteiger partial charge < -0.3 is 27.1 Å². The second kappa shape index (κ2) is 8.91. The summed E-state index contributed by atoms with van der Waals surface area (Å²) in [6.07, 6.45) is 4.64. The molecule has 154 valence electrons. The highest BCUT2D eigenvalue weighted by atomic mass is 35.5. The minimum Gasteiger partial charge on any atom is -0.370 e. The summed E-state index contributed by atoms with van der Waals surface area (Å²) in [4.78, 5) is 36.4. The molecule has 29 heavy (non-hydrogen) atoms. The molecule has 0 radical (unpaired) electrons. The third-order valence-electron chi connectivity index (χ3n) is 4.59. The van der Waals surface area contributed by atoms with E-state index in [0.29, 0.717) is 12.1 Å². The molecular weight excluding hydrogens is 401 g/mol. The lowest BCUT2D eigenvalue weighted by Gasteiger charge is -2.26. The number of fused-ring (bicyclic) bond motifs is 1. The minimum absolute atomic E-state index is 0.0897. The molecule has 7 N–H and O–H groups in total. The number of nitrogens with one attached hydrogen (secondary N) is 3. The summed E-state index contributed by atoms with van der Waals surface area (Å²) in [5.74, 6) is -2.71. The zero-order chi connectivity index (χ0) is 21.0. The Morgan fingerprint density at radius 2 is 2.07 bits per heavy atom. The van der Waals surface area contributed by atoms with Crippen molar-refractivity contribution < 1.29 is 14.0 Å². The maximum Gasteiger partial charge on any atom is 0.313 e. The standard InChI is InChI=1S/C18H21ClFN7O2/c19-10-6-5-9(7-11(10)20)25-16(28)17(29)27-15-13(26-18(21)22)4-2-1-3-12-14(15)24-8-23-12/h5-8,13,15H,1-4H2,(H,23,24)(H,25,28)(H,27,29)(H4,21,22,26)/t13-,15+/m0/s1. The van der Waals surface area contributed by atoms with E-state index in [-0.39, 0.29) is 16.7 Å². The van der Waals surface area contributed by atoms with E-state index < -0.39 is 29.7 Å². The summed E-state index contributed by atoms with van der Waals surface area (Å²) in [5, 5.41) is 4.91. The SMILES string of the molecule is NC(N)=N[C@H]1CCCCc2[nH]cnc2[C@@H]1NC(=O)C(=O)Nc1ccc(Cl)c(F)c1. The number of benzene rings is 1. The molecule has 2 aromatic rings. The summed E-state index contributed by atoms with van der Waals surface area (Å²) in [6.45, 7) is 0. The number of carbonyl (C=O) groups excluding carboxylic acids is 2. The van der Waals surface area contributed by atoms with Crippen molar-refractivity contribution in [3.05, 3.63) is 46.8 Å². The molecule has 0 fully saturated rings. The van der Waals surface area contributed by atoms with Gasteiger partial charge in [0.2, 0.25) is 0 Å². The zero-order valence-corrected chi connectivity index (χ0v) is 16.2. The van der Waals surface area contributed by atoms with Crippen LogP contribution in [-0.4, -0.2) is 33.8 Å². The lowest BCUT2D eigenvalue weighted by atomic mass is 9.93. The number of carbonyl (C=O) groups is 2. The number of aliphatic imine (C=N–C) groups is 1. The molecule has 9 nitrogen and oxygen atoms in total. The molecule has 1 aromatic heterocycles. The van der Waals surface area contributed by atoms with E-state index in [0.717, 1.165) is 31.0 Å². The predicted molar refractivity (Wildman–Crippen MR) is 107 cm³/mol. The van der Waals surface area contributed by atoms with E-state index in [4.69, 9.17) is 23.1 Å². The number of aromatic nitrogens is 2. The molecule has 11 heteroatoms. The molecular formula is C18H21ClFN7O2. The number of guanidine groups is 1. The molecule has 0 saturated carbocycles. The van der Waals surface area contributed by atoms with Crippen molar-refractivity contribution in [3.63, 3.8) is 0 Å². The molecule has 2 amide bonds. The molecule has 0 aliphatic heterocycles. The van der Waals surface area contributed by atoms with Gasteiger partial charge in [-0.3, -0.25) is 9.59 Å². The first kappa shape index (κ1) is 20.6. The number of H-pyrrole nitrogens is 1. The first-order valence-corrected chi connectivity index (χ1v) is 9.40. The van der Waals surface area contributed by atoms with Gasteiger partial charge >= 0.3 is 11.8 Å². The third kappa shape index (κ3) is 5.02. The van der Waals surface area contributed by atoms with E-state index in [1.54, 1.807) is 0 Å². The van der Waals surface area contributed by atoms with Crippen molar-refractivity contribution in [1.29, 1.82) is 0 Å². The first-order valence-electron chi connectivity index (χ1n) is 9.03. The average molecular weight is 422 g/mol. The molecule has 1 heterocycles. The fourth-order valence-corrected chi connectivity index (χ4v) is 3.39. The van der Waals surface area contributed by atoms with Crippen LogP contribution >= 0.6 is 11.6 Å². The Hall–Kier alpha value is -3.14. The normalized spacial score (nSPS) is 18.7. The molecule has 2 atom stereocenters. The van der Waals surface area contributed by atoms with Gasteiger partial charge in [0.1, 0.15) is 5.82 Å². The first-order chi connectivity index (χ1) is 13.8. The Kier molecular flexibility index (Phi) is 6.32. The number of rotatable bonds is 3. The Morgan fingerprint density at radius 3 is 2.79 bits per heavy atom. The number of imidazole rings is 1. The van der Waals surface area contributed by atoms with Crippen LogP contribution in [0.15, 0.2) is 29.5 Å². The van der Waals surface area contributed by atoms with E-state index in [9.17, 15) is 14.0 Å². The molecule has 0 spiro atoms. The molecule has 1 aliphatic rings. The second-order valence-corrected chi connectivity index (χ2v) is 7.07. The Bertz CT molecular complexity index is 942. The maximum atomic E-state index is 13.6. The van der Waals surface area contributed by atoms with Gasteiger partial charge in [-0.05, 0) is 37.5 Å². The number of amides is 2. The summed E-state index contributed by atoms with van der Waals surface area (Å²) >= 11 is 5.62. The van der Waals surface area contributed by atoms with Crippen molar-refractivity contribution in [3.8, 4) is 0 Å². The lowest BCUT2D eigenvalue weighted by molar-refractivity contribution is -0.136. The van der Waals surface area contributed by atoms with Gasteiger partial charge in [0.15, 0.2) is 5.96 Å². The van der Waals surface area contributed by atoms with Crippen LogP contribution in [0.1, 0.15) is 36.7 Å². The number of aromatic amines is 1. The summed E-state index contributed by atoms with van der Waals surface area (Å²) in [5.41, 5.74) is 12.6. The van der Waals surface area contributed by atoms with Gasteiger partial charge in [-0.1, -0.05) is 18.0 Å². The van der Waals surface area contributed by atoms with Gasteiger partial charge in [-0.25, -0.2) is 14.4 Å². The molecule has 0 saturated heterocycles. The Balaban J connectivity index is 1.80. The van der Waals surface area contributed by atoms with Crippen LogP contribution < -0.4 is 22.1 Å². The highest BCUT2D eigenvalue weighted by Gasteiger charge is 2.32. The quantitative estimate of drug-likeness (QED) is 0.288. The Labute approximate surface area is 171 Å². The largest absolute Gasteiger partial charge is 0.370 e. The van der Waals surface area contributed by atoms with E-state index >= 15 is 0 Å². The predicted octanol–water partition coefficient (Wildman–Crippen LogP) is 1.37. The highest BCUT2D eigenvalue weighted by Crippen LogP contribution is 2.28. The van der Waals surface area contributed by atoms with Gasteiger partial charge in [0, 0.05) is 11.4 Å². The lowest BCUT2D eigenvalue weighted by Crippen LogP contribution is -2.43. The summed E-state index contributed by atoms with van der Waals surface area (Å²) in [6, 6.07) is 2.52. The molecule has 0 bridgehead atoms. The average Bonchev–Trinajstić information content (AvgIpc) is 3.11. The van der Waals surface area contributed by atoms with Crippen molar-refractivity contribution >= 4 is 35.1 Å². The number of aryl methyl sites for hydroxylation is 1. The fraction of sp³-hybridized carbons (Fsp3) is 0.333. The number of halogens is 2. The number of nitrogens with zero attached hydrogens (tertiary/aromatic N) is 2. The second-order valence-electron chi connectivity index (χ2n) is 6.67. The van der Waals surface area contributed by atoms with Gasteiger partial charge in [-0.2, -0.15) is 0 Å². The number of anilines is 1. The monoisotopic (exact) mass is 421 g/mol. The number of hydrogen-bond donors (Lipinski definition) is 5. The van der Waals surface area contributed by atoms with Crippen molar-refractivity contribution in [2.75, 3.05) is 5.32 Å². The number of nitrogens with two attached hydrogens (primary N) is 2. The van der Waals surface area contributed by atoms with E-state index in [2.05, 4.69) is 25.6 Å². The topological polar surface area (TPSA) is 151 Å². The van der Waals surface area contributed by atoms with E-state index in [1.165, 1.54) is 18.5 Å². The maximum absolute atomic E-state index is 13.6. The zero-order valence-electron chi connectivity index (χ0n) is 15.4. The van der Waals surface area contributed by atoms with Crippen LogP contribution in [0.25, 0.3) is 0 Å². The fourth-order valence-electron chi connectivity index (χ4n) is 3.27. The van der Waals surface area contributed by atoms with Crippen LogP contribution in [0.5, 0.6) is 0 Å². The van der Waals surface area contributed by atoms with Gasteiger partial charge in [0.05, 0.1) is 29.1 Å². The molecule has 0 unspecified atom stereocenters. The number of hydrogen-bond acceptors (Lipinski definition) is 4. The minimum atomic E-state index is -0.964. The van der Waals surface area contributed by atoms with Crippen molar-refractivity contribution in [1.82, 2.24) is 15.3 Å². The highest BCUT2D eigenvalue weighted by molar-refractivity contribution is 6.39. The van der Waals surface area contributed by atoms with Crippen LogP contribution in [0, 0.1) is 5.82 Å². The third-order valence-corrected chi connectivity index (χ3v) is 4.90. The molecule has 3 rings (SSSR count). The van der Waals surface area contributed by atoms with Crippen LogP contribution in [-0.2, 0) is 16.0 Å². The Morgan fingerprint density at radius 1 is 1.28 bits per heavy atom. The summed E-state index contributed by atoms with van der Waals surface area (Å²) < 4.78 is 13.6. The van der Waals surface area contributed by atoms with Gasteiger partial charge in [0.25, 0.3) is 0 Å². The van der Waals surface area contributed by atoms with Crippen LogP contribution in [0.2, 0.25) is 5.02 Å². The summed E-state index contributed by atoms with van der Waals surface area (Å²) in [7, 11) is 0. The molecule has 1 aromatic carbocycles. The smallest absolute Gasteiger partial charge is 0.313 e. The molecule has 1 aliphatic carbocycles. The van der Waals surface area contributed by atoms with Crippen molar-refractivity contribution in [2.24, 2.45) is 16.5 Å². The van der Waals surface area contributed by atoms with Crippen LogP contribution in [0.4, 0.5) is 10.1 Å².